The van der Waals surface area contributed by atoms with Crippen LogP contribution in [0.3, 0.4) is 0 Å². The SMILES string of the molecule is C#CC(C)Oc1cc(Br)cc(C(=O)O)c1. The number of hydrogen-bond acceptors (Lipinski definition) is 2. The van der Waals surface area contributed by atoms with Crippen molar-refractivity contribution >= 4 is 21.9 Å². The number of rotatable bonds is 3. The third kappa shape index (κ3) is 3.30. The summed E-state index contributed by atoms with van der Waals surface area (Å²) in [7, 11) is 0. The molecule has 1 N–H and O–H groups in total. The Morgan fingerprint density at radius 1 is 1.60 bits per heavy atom. The van der Waals surface area contributed by atoms with Crippen LogP contribution in [-0.2, 0) is 0 Å². The van der Waals surface area contributed by atoms with E-state index in [1.54, 1.807) is 13.0 Å². The number of carbonyl (C=O) groups is 1. The molecule has 1 unspecified atom stereocenters. The molecule has 0 aliphatic rings. The first-order chi connectivity index (χ1) is 7.02. The summed E-state index contributed by atoms with van der Waals surface area (Å²) in [5.41, 5.74) is 0.156. The van der Waals surface area contributed by atoms with Crippen molar-refractivity contribution in [3.8, 4) is 18.1 Å². The maximum Gasteiger partial charge on any atom is 0.335 e. The van der Waals surface area contributed by atoms with E-state index in [4.69, 9.17) is 16.3 Å². The minimum atomic E-state index is -1.01. The van der Waals surface area contributed by atoms with Crippen molar-refractivity contribution in [2.75, 3.05) is 0 Å². The molecule has 0 amide bonds. The van der Waals surface area contributed by atoms with E-state index in [-0.39, 0.29) is 11.7 Å². The number of terminal acetylenes is 1. The normalized spacial score (nSPS) is 11.5. The molecule has 0 saturated heterocycles. The fourth-order valence-corrected chi connectivity index (χ4v) is 1.46. The monoisotopic (exact) mass is 268 g/mol. The molecular formula is C11H9BrO3. The van der Waals surface area contributed by atoms with Crippen LogP contribution in [-0.4, -0.2) is 17.2 Å². The van der Waals surface area contributed by atoms with Crippen molar-refractivity contribution in [2.24, 2.45) is 0 Å². The van der Waals surface area contributed by atoms with Gasteiger partial charge in [0.2, 0.25) is 0 Å². The Balaban J connectivity index is 3.00. The Hall–Kier alpha value is -1.47. The summed E-state index contributed by atoms with van der Waals surface area (Å²) in [5, 5.41) is 8.81. The first-order valence-corrected chi connectivity index (χ1v) is 4.99. The lowest BCUT2D eigenvalue weighted by atomic mass is 10.2. The van der Waals surface area contributed by atoms with Gasteiger partial charge in [0, 0.05) is 4.47 Å². The van der Waals surface area contributed by atoms with E-state index in [0.29, 0.717) is 10.2 Å². The average Bonchev–Trinajstić information content (AvgIpc) is 2.16. The van der Waals surface area contributed by atoms with Crippen LogP contribution in [0.25, 0.3) is 0 Å². The molecule has 0 radical (unpaired) electrons. The quantitative estimate of drug-likeness (QED) is 0.858. The number of halogens is 1. The first-order valence-electron chi connectivity index (χ1n) is 4.19. The predicted molar refractivity (Wildman–Crippen MR) is 60.0 cm³/mol. The van der Waals surface area contributed by atoms with E-state index in [9.17, 15) is 4.79 Å². The summed E-state index contributed by atoms with van der Waals surface area (Å²) in [6.45, 7) is 1.71. The molecule has 0 fully saturated rings. The lowest BCUT2D eigenvalue weighted by Crippen LogP contribution is -2.09. The van der Waals surface area contributed by atoms with Crippen molar-refractivity contribution in [1.29, 1.82) is 0 Å². The molecule has 4 heteroatoms. The average molecular weight is 269 g/mol. The molecule has 78 valence electrons. The zero-order chi connectivity index (χ0) is 11.4. The Labute approximate surface area is 96.2 Å². The molecule has 3 nitrogen and oxygen atoms in total. The highest BCUT2D eigenvalue weighted by Crippen LogP contribution is 2.22. The van der Waals surface area contributed by atoms with Gasteiger partial charge < -0.3 is 9.84 Å². The van der Waals surface area contributed by atoms with Gasteiger partial charge in [0.05, 0.1) is 5.56 Å². The Morgan fingerprint density at radius 3 is 2.80 bits per heavy atom. The zero-order valence-electron chi connectivity index (χ0n) is 8.03. The maximum absolute atomic E-state index is 10.7. The molecule has 0 aliphatic carbocycles. The Kier molecular flexibility index (Phi) is 3.75. The van der Waals surface area contributed by atoms with Gasteiger partial charge in [0.1, 0.15) is 5.75 Å². The summed E-state index contributed by atoms with van der Waals surface area (Å²) < 4.78 is 5.95. The van der Waals surface area contributed by atoms with Crippen LogP contribution < -0.4 is 4.74 Å². The minimum absolute atomic E-state index is 0.156. The lowest BCUT2D eigenvalue weighted by molar-refractivity contribution is 0.0696. The van der Waals surface area contributed by atoms with Crippen LogP contribution >= 0.6 is 15.9 Å². The lowest BCUT2D eigenvalue weighted by Gasteiger charge is -2.09. The number of benzene rings is 1. The van der Waals surface area contributed by atoms with Gasteiger partial charge in [-0.3, -0.25) is 0 Å². The largest absolute Gasteiger partial charge is 0.478 e. The number of hydrogen-bond donors (Lipinski definition) is 1. The van der Waals surface area contributed by atoms with Crippen LogP contribution in [0.15, 0.2) is 22.7 Å². The van der Waals surface area contributed by atoms with Crippen molar-refractivity contribution in [3.05, 3.63) is 28.2 Å². The molecule has 0 bridgehead atoms. The molecule has 0 aliphatic heterocycles. The van der Waals surface area contributed by atoms with Gasteiger partial charge >= 0.3 is 5.97 Å². The van der Waals surface area contributed by atoms with Crippen LogP contribution in [0.4, 0.5) is 0 Å². The highest BCUT2D eigenvalue weighted by molar-refractivity contribution is 9.10. The van der Waals surface area contributed by atoms with Crippen LogP contribution in [0.1, 0.15) is 17.3 Å². The molecule has 15 heavy (non-hydrogen) atoms. The smallest absolute Gasteiger partial charge is 0.335 e. The molecule has 0 saturated carbocycles. The van der Waals surface area contributed by atoms with E-state index in [1.165, 1.54) is 12.1 Å². The van der Waals surface area contributed by atoms with Crippen LogP contribution in [0.5, 0.6) is 5.75 Å². The van der Waals surface area contributed by atoms with Crippen molar-refractivity contribution in [2.45, 2.75) is 13.0 Å². The zero-order valence-corrected chi connectivity index (χ0v) is 9.61. The summed E-state index contributed by atoms with van der Waals surface area (Å²) >= 11 is 3.20. The maximum atomic E-state index is 10.7. The van der Waals surface area contributed by atoms with Crippen LogP contribution in [0.2, 0.25) is 0 Å². The molecule has 0 heterocycles. The van der Waals surface area contributed by atoms with Crippen molar-refractivity contribution in [3.63, 3.8) is 0 Å². The minimum Gasteiger partial charge on any atom is -0.478 e. The Morgan fingerprint density at radius 2 is 2.27 bits per heavy atom. The van der Waals surface area contributed by atoms with Gasteiger partial charge in [0.15, 0.2) is 6.10 Å². The van der Waals surface area contributed by atoms with Gasteiger partial charge in [-0.15, -0.1) is 6.42 Å². The molecule has 1 aromatic carbocycles. The molecule has 0 spiro atoms. The Bertz CT molecular complexity index is 420. The summed E-state index contributed by atoms with van der Waals surface area (Å²) in [6.07, 6.45) is 4.76. The van der Waals surface area contributed by atoms with E-state index in [1.807, 2.05) is 0 Å². The molecule has 1 aromatic rings. The standard InChI is InChI=1S/C11H9BrO3/c1-3-7(2)15-10-5-8(11(13)14)4-9(12)6-10/h1,4-7H,2H3,(H,13,14). The third-order valence-corrected chi connectivity index (χ3v) is 2.12. The predicted octanol–water partition coefficient (Wildman–Crippen LogP) is 2.55. The van der Waals surface area contributed by atoms with E-state index >= 15 is 0 Å². The third-order valence-electron chi connectivity index (χ3n) is 1.67. The molecular weight excluding hydrogens is 260 g/mol. The number of carboxylic acids is 1. The van der Waals surface area contributed by atoms with Crippen molar-refractivity contribution in [1.82, 2.24) is 0 Å². The molecule has 0 aromatic heterocycles. The van der Waals surface area contributed by atoms with Gasteiger partial charge in [0.25, 0.3) is 0 Å². The highest BCUT2D eigenvalue weighted by atomic mass is 79.9. The topological polar surface area (TPSA) is 46.5 Å². The number of aromatic carboxylic acids is 1. The summed E-state index contributed by atoms with van der Waals surface area (Å²) in [6, 6.07) is 4.59. The van der Waals surface area contributed by atoms with Gasteiger partial charge in [-0.1, -0.05) is 21.9 Å². The van der Waals surface area contributed by atoms with E-state index < -0.39 is 5.97 Å². The second kappa shape index (κ2) is 4.85. The summed E-state index contributed by atoms with van der Waals surface area (Å²) in [4.78, 5) is 10.7. The first kappa shape index (κ1) is 11.6. The van der Waals surface area contributed by atoms with Gasteiger partial charge in [-0.25, -0.2) is 4.79 Å². The fraction of sp³-hybridized carbons (Fsp3) is 0.182. The van der Waals surface area contributed by atoms with Crippen LogP contribution in [0, 0.1) is 12.3 Å². The van der Waals surface area contributed by atoms with Gasteiger partial charge in [-0.05, 0) is 25.1 Å². The second-order valence-corrected chi connectivity index (χ2v) is 3.82. The van der Waals surface area contributed by atoms with Crippen molar-refractivity contribution < 1.29 is 14.6 Å². The van der Waals surface area contributed by atoms with E-state index in [2.05, 4.69) is 21.9 Å². The highest BCUT2D eigenvalue weighted by Gasteiger charge is 2.08. The molecule has 1 rings (SSSR count). The van der Waals surface area contributed by atoms with E-state index in [0.717, 1.165) is 0 Å². The molecule has 1 atom stereocenters. The summed E-state index contributed by atoms with van der Waals surface area (Å²) in [5.74, 6) is 1.83. The number of carboxylic acid groups (broad SMARTS) is 1. The fourth-order valence-electron chi connectivity index (χ4n) is 0.992. The van der Waals surface area contributed by atoms with Gasteiger partial charge in [-0.2, -0.15) is 0 Å². The second-order valence-electron chi connectivity index (χ2n) is 2.91. The number of ether oxygens (including phenoxy) is 1.